The Bertz CT molecular complexity index is 3350. The quantitative estimate of drug-likeness (QED) is 0.0670. The highest BCUT2D eigenvalue weighted by Gasteiger charge is 2.46. The van der Waals surface area contributed by atoms with E-state index < -0.39 is 42.6 Å². The predicted octanol–water partition coefficient (Wildman–Crippen LogP) is 10.6. The van der Waals surface area contributed by atoms with Crippen LogP contribution in [-0.4, -0.2) is 117 Å². The van der Waals surface area contributed by atoms with Gasteiger partial charge in [-0.2, -0.15) is 13.2 Å². The molecular formula is C63H69F3N6O10. The molecule has 6 aromatic rings. The van der Waals surface area contributed by atoms with E-state index in [2.05, 4.69) is 54.0 Å². The van der Waals surface area contributed by atoms with Gasteiger partial charge in [-0.05, 0) is 148 Å². The summed E-state index contributed by atoms with van der Waals surface area (Å²) in [6.07, 6.45) is -5.85. The molecule has 8 atom stereocenters. The maximum absolute atomic E-state index is 13.4. The average molecular weight is 1130 g/mol. The Kier molecular flexibility index (Phi) is 15.6. The first kappa shape index (κ1) is 56.4. The van der Waals surface area contributed by atoms with Crippen LogP contribution >= 0.6 is 0 Å². The number of methoxy groups -OCH3 is 2. The Morgan fingerprint density at radius 1 is 0.573 bits per heavy atom. The van der Waals surface area contributed by atoms with E-state index in [0.717, 1.165) is 125 Å². The van der Waals surface area contributed by atoms with E-state index in [9.17, 15) is 43.2 Å². The zero-order valence-electron chi connectivity index (χ0n) is 46.7. The first-order valence-corrected chi connectivity index (χ1v) is 28.1. The van der Waals surface area contributed by atoms with Crippen molar-refractivity contribution in [1.82, 2.24) is 19.8 Å². The Labute approximate surface area is 474 Å². The van der Waals surface area contributed by atoms with Crippen LogP contribution in [0.4, 0.5) is 34.4 Å². The summed E-state index contributed by atoms with van der Waals surface area (Å²) >= 11 is 0. The number of hydrogen-bond acceptors (Lipinski definition) is 14. The number of amides is 2. The molecule has 0 bridgehead atoms. The van der Waals surface area contributed by atoms with Gasteiger partial charge in [-0.15, -0.1) is 0 Å². The van der Waals surface area contributed by atoms with Crippen LogP contribution in [0.2, 0.25) is 0 Å². The maximum atomic E-state index is 13.4. The van der Waals surface area contributed by atoms with Gasteiger partial charge in [0.2, 0.25) is 0 Å². The zero-order chi connectivity index (χ0) is 57.9. The van der Waals surface area contributed by atoms with Gasteiger partial charge in [0.05, 0.1) is 56.3 Å². The molecule has 4 N–H and O–H groups in total. The number of benzene rings is 4. The fourth-order valence-electron chi connectivity index (χ4n) is 12.1. The van der Waals surface area contributed by atoms with Crippen LogP contribution in [0, 0.1) is 25.7 Å². The van der Waals surface area contributed by atoms with Gasteiger partial charge in [-0.3, -0.25) is 9.80 Å². The number of aromatic nitrogens is 2. The molecule has 6 heterocycles. The zero-order valence-corrected chi connectivity index (χ0v) is 46.7. The van der Waals surface area contributed by atoms with Crippen molar-refractivity contribution >= 4 is 23.8 Å². The van der Waals surface area contributed by atoms with Crippen LogP contribution in [0.1, 0.15) is 114 Å². The molecular weight excluding hydrogens is 1060 g/mol. The normalized spacial score (nSPS) is 23.7. The summed E-state index contributed by atoms with van der Waals surface area (Å²) in [7, 11) is 3.21. The SMILES string of the molecule is COc1ccc([C@@H]2C[C@H]2C(O)O)cc1-c1ccc(N2CCC2)nc1CN1C(=O)O[C@H](c2cc(C)cc(C)c2)[C@@H]1C.COc1ccc([C@@H]2C[C@H]2C(O)O)cc1-c1ccc(N2CCC2)nc1CN1C(=O)O[C@H](c2cccc(C(F)(F)F)c2)[C@@H]1C. The van der Waals surface area contributed by atoms with Crippen molar-refractivity contribution in [2.75, 3.05) is 50.2 Å². The molecule has 12 rings (SSSR count). The van der Waals surface area contributed by atoms with E-state index >= 15 is 0 Å². The Morgan fingerprint density at radius 2 is 1.02 bits per heavy atom. The molecule has 16 nitrogen and oxygen atoms in total. The first-order chi connectivity index (χ1) is 39.3. The number of cyclic esters (lactones) is 2. The maximum Gasteiger partial charge on any atom is 0.416 e. The van der Waals surface area contributed by atoms with Crippen molar-refractivity contribution in [3.05, 3.63) is 153 Å². The number of alkyl halides is 3. The molecule has 19 heteroatoms. The predicted molar refractivity (Wildman–Crippen MR) is 300 cm³/mol. The molecule has 2 aromatic heterocycles. The number of carbonyl (C=O) groups excluding carboxylic acids is 2. The van der Waals surface area contributed by atoms with E-state index in [1.807, 2.05) is 55.5 Å². The van der Waals surface area contributed by atoms with Crippen LogP contribution in [-0.2, 0) is 28.7 Å². The smallest absolute Gasteiger partial charge is 0.416 e. The Morgan fingerprint density at radius 3 is 1.41 bits per heavy atom. The summed E-state index contributed by atoms with van der Waals surface area (Å²) in [6.45, 7) is 11.9. The van der Waals surface area contributed by atoms with Crippen LogP contribution < -0.4 is 19.3 Å². The second kappa shape index (κ2) is 22.7. The molecule has 432 valence electrons. The van der Waals surface area contributed by atoms with Crippen molar-refractivity contribution in [1.29, 1.82) is 0 Å². The van der Waals surface area contributed by atoms with E-state index in [1.54, 1.807) is 26.0 Å². The number of rotatable bonds is 16. The van der Waals surface area contributed by atoms with Crippen molar-refractivity contribution in [2.45, 2.75) is 121 Å². The first-order valence-electron chi connectivity index (χ1n) is 28.1. The highest BCUT2D eigenvalue weighted by atomic mass is 19.4. The van der Waals surface area contributed by atoms with Crippen molar-refractivity contribution in [2.24, 2.45) is 11.8 Å². The number of anilines is 2. The van der Waals surface area contributed by atoms with Gasteiger partial charge in [0.1, 0.15) is 35.3 Å². The number of carbonyl (C=O) groups is 2. The summed E-state index contributed by atoms with van der Waals surface area (Å²) in [4.78, 5) is 44.0. The molecule has 82 heavy (non-hydrogen) atoms. The molecule has 6 aliphatic rings. The number of nitrogens with zero attached hydrogens (tertiary/aromatic N) is 6. The standard InChI is InChI=1S/C32H37N3O5.C31H32F3N3O5/c1-18-12-19(2)14-22(13-18)30-20(3)35(32(38)40-30)17-27-23(7-9-29(33-27)34-10-5-11-34)25-15-21(6-8-28(25)39-4)24-16-26(24)31(36)37;1-17-28(19-5-3-6-20(13-19)31(32,33)34)42-30(40)37(17)16-25-21(8-10-27(35-25)36-11-4-12-36)23-14-18(7-9-26(23)41-2)22-15-24(22)29(38)39/h6-9,12-15,20,24,26,30-31,36-37H,5,10-11,16-17H2,1-4H3;3,5-10,13-14,17,22,24,28-29,38-39H,4,11-12,15-16H2,1-2H3/t20-,24-,26+,30-;17-,22-,24+,28-/m00/s1. The van der Waals surface area contributed by atoms with Gasteiger partial charge in [-0.25, -0.2) is 19.6 Å². The van der Waals surface area contributed by atoms with Gasteiger partial charge in [0.25, 0.3) is 0 Å². The number of aryl methyl sites for hydroxylation is 2. The Hall–Kier alpha value is -7.45. The summed E-state index contributed by atoms with van der Waals surface area (Å²) in [5, 5.41) is 38.6. The van der Waals surface area contributed by atoms with Gasteiger partial charge in [-0.1, -0.05) is 53.6 Å². The van der Waals surface area contributed by atoms with Gasteiger partial charge in [0.15, 0.2) is 12.6 Å². The second-order valence-corrected chi connectivity index (χ2v) is 22.7. The number of hydrogen-bond donors (Lipinski definition) is 4. The van der Waals surface area contributed by atoms with E-state index in [1.165, 1.54) is 17.0 Å². The van der Waals surface area contributed by atoms with E-state index in [0.29, 0.717) is 30.2 Å². The molecule has 0 radical (unpaired) electrons. The number of halogens is 3. The lowest BCUT2D eigenvalue weighted by atomic mass is 9.96. The van der Waals surface area contributed by atoms with E-state index in [4.69, 9.17) is 28.9 Å². The summed E-state index contributed by atoms with van der Waals surface area (Å²) in [6, 6.07) is 30.1. The molecule has 2 aliphatic carbocycles. The van der Waals surface area contributed by atoms with Gasteiger partial charge in [0, 0.05) is 60.3 Å². The third-order valence-electron chi connectivity index (χ3n) is 17.1. The molecule has 4 saturated heterocycles. The molecule has 0 unspecified atom stereocenters. The van der Waals surface area contributed by atoms with Crippen molar-refractivity contribution in [3.8, 4) is 33.8 Å². The minimum Gasteiger partial charge on any atom is -0.496 e. The second-order valence-electron chi connectivity index (χ2n) is 22.7. The summed E-state index contributed by atoms with van der Waals surface area (Å²) in [5.74, 6) is 2.68. The molecule has 2 amide bonds. The molecule has 0 spiro atoms. The summed E-state index contributed by atoms with van der Waals surface area (Å²) in [5.41, 5.74) is 9.37. The Balaban J connectivity index is 0.000000172. The van der Waals surface area contributed by atoms with Gasteiger partial charge >= 0.3 is 18.4 Å². The number of ether oxygens (including phenoxy) is 4. The van der Waals surface area contributed by atoms with Gasteiger partial charge < -0.3 is 49.2 Å². The fourth-order valence-corrected chi connectivity index (χ4v) is 12.1. The van der Waals surface area contributed by atoms with Crippen LogP contribution in [0.3, 0.4) is 0 Å². The minimum atomic E-state index is -4.51. The fraction of sp³-hybridized carbons (Fsp3) is 0.429. The highest BCUT2D eigenvalue weighted by Crippen LogP contribution is 2.52. The third kappa shape index (κ3) is 11.4. The molecule has 4 aliphatic heterocycles. The van der Waals surface area contributed by atoms with Crippen LogP contribution in [0.25, 0.3) is 22.3 Å². The minimum absolute atomic E-state index is 0.00762. The topological polar surface area (TPSA) is 191 Å². The highest BCUT2D eigenvalue weighted by molar-refractivity contribution is 5.78. The number of aliphatic hydroxyl groups is 4. The lowest BCUT2D eigenvalue weighted by Crippen LogP contribution is -2.38. The number of pyridine rings is 2. The van der Waals surface area contributed by atoms with Crippen molar-refractivity contribution in [3.63, 3.8) is 0 Å². The lowest BCUT2D eigenvalue weighted by Gasteiger charge is -2.33. The lowest BCUT2D eigenvalue weighted by molar-refractivity contribution is -0.137. The molecule has 4 aromatic carbocycles. The number of aliphatic hydroxyl groups excluding tert-OH is 2. The van der Waals surface area contributed by atoms with Crippen LogP contribution in [0.15, 0.2) is 103 Å². The molecule has 2 saturated carbocycles. The van der Waals surface area contributed by atoms with E-state index in [-0.39, 0.29) is 54.0 Å². The summed E-state index contributed by atoms with van der Waals surface area (Å²) < 4.78 is 63.1. The molecule has 6 fully saturated rings. The largest absolute Gasteiger partial charge is 0.496 e. The third-order valence-corrected chi connectivity index (χ3v) is 17.1. The average Bonchev–Trinajstić information content (AvgIpc) is 4.51. The van der Waals surface area contributed by atoms with Crippen LogP contribution in [0.5, 0.6) is 11.5 Å². The van der Waals surface area contributed by atoms with Crippen molar-refractivity contribution < 1.29 is 62.1 Å². The monoisotopic (exact) mass is 1130 g/mol.